The van der Waals surface area contributed by atoms with Crippen LogP contribution in [0.5, 0.6) is 0 Å². The molecule has 150 valence electrons. The quantitative estimate of drug-likeness (QED) is 0.534. The van der Waals surface area contributed by atoms with Gasteiger partial charge in [-0.05, 0) is 55.9 Å². The highest BCUT2D eigenvalue weighted by molar-refractivity contribution is 5.88. The van der Waals surface area contributed by atoms with Gasteiger partial charge >= 0.3 is 0 Å². The van der Waals surface area contributed by atoms with Crippen LogP contribution in [0.2, 0.25) is 0 Å². The zero-order chi connectivity index (χ0) is 20.1. The molecule has 4 nitrogen and oxygen atoms in total. The van der Waals surface area contributed by atoms with E-state index in [9.17, 15) is 0 Å². The lowest BCUT2D eigenvalue weighted by Crippen LogP contribution is -2.50. The Balaban J connectivity index is 1.53. The Morgan fingerprint density at radius 3 is 2.17 bits per heavy atom. The molecule has 7 rings (SSSR count). The lowest BCUT2D eigenvalue weighted by atomic mass is 9.81. The topological polar surface area (TPSA) is 32.3 Å². The highest BCUT2D eigenvalue weighted by Crippen LogP contribution is 2.74. The second-order valence-electron chi connectivity index (χ2n) is 9.86. The molecule has 0 N–H and O–H groups in total. The van der Waals surface area contributed by atoms with Crippen molar-refractivity contribution in [1.82, 2.24) is 9.97 Å². The molecule has 3 atom stereocenters. The monoisotopic (exact) mass is 394 g/mol. The first-order chi connectivity index (χ1) is 14.6. The van der Waals surface area contributed by atoms with Gasteiger partial charge in [-0.1, -0.05) is 50.2 Å². The fourth-order valence-electron chi connectivity index (χ4n) is 6.43. The third-order valence-corrected chi connectivity index (χ3v) is 8.26. The zero-order valence-corrected chi connectivity index (χ0v) is 17.6. The number of fused-ring (bicyclic) bond motifs is 9. The number of anilines is 4. The van der Waals surface area contributed by atoms with E-state index >= 15 is 0 Å². The molecule has 4 heteroatoms. The predicted octanol–water partition coefficient (Wildman–Crippen LogP) is 5.65. The molecular weight excluding hydrogens is 368 g/mol. The van der Waals surface area contributed by atoms with E-state index in [1.165, 1.54) is 47.6 Å². The van der Waals surface area contributed by atoms with Gasteiger partial charge in [0.2, 0.25) is 0 Å². The van der Waals surface area contributed by atoms with Crippen LogP contribution in [-0.4, -0.2) is 16.1 Å². The minimum Gasteiger partial charge on any atom is -0.301 e. The van der Waals surface area contributed by atoms with Crippen molar-refractivity contribution in [3.8, 4) is 0 Å². The van der Waals surface area contributed by atoms with E-state index in [0.717, 1.165) is 24.5 Å². The summed E-state index contributed by atoms with van der Waals surface area (Å²) in [7, 11) is 0. The van der Waals surface area contributed by atoms with Crippen molar-refractivity contribution in [2.45, 2.75) is 57.5 Å². The second kappa shape index (κ2) is 5.42. The predicted molar refractivity (Wildman–Crippen MR) is 120 cm³/mol. The number of aromatic nitrogens is 2. The van der Waals surface area contributed by atoms with E-state index in [1.54, 1.807) is 0 Å². The maximum atomic E-state index is 5.28. The summed E-state index contributed by atoms with van der Waals surface area (Å²) in [5.74, 6) is 2.09. The number of rotatable bonds is 1. The summed E-state index contributed by atoms with van der Waals surface area (Å²) in [6, 6.07) is 19.8. The third-order valence-electron chi connectivity index (χ3n) is 8.26. The van der Waals surface area contributed by atoms with Gasteiger partial charge in [0.05, 0.1) is 11.4 Å². The Kier molecular flexibility index (Phi) is 3.05. The Labute approximate surface area is 177 Å². The van der Waals surface area contributed by atoms with Crippen LogP contribution in [-0.2, 0) is 18.3 Å². The van der Waals surface area contributed by atoms with Crippen LogP contribution in [0.3, 0.4) is 0 Å². The highest BCUT2D eigenvalue weighted by atomic mass is 15.5. The average Bonchev–Trinajstić information content (AvgIpc) is 3.22. The summed E-state index contributed by atoms with van der Waals surface area (Å²) in [4.78, 5) is 15.6. The van der Waals surface area contributed by atoms with Crippen LogP contribution in [0.1, 0.15) is 50.1 Å². The van der Waals surface area contributed by atoms with Gasteiger partial charge in [-0.15, -0.1) is 0 Å². The smallest absolute Gasteiger partial charge is 0.178 e. The maximum Gasteiger partial charge on any atom is 0.178 e. The van der Waals surface area contributed by atoms with Crippen LogP contribution in [0.4, 0.5) is 23.0 Å². The number of benzene rings is 2. The Bertz CT molecular complexity index is 1190. The Morgan fingerprint density at radius 1 is 0.800 bits per heavy atom. The molecule has 0 spiro atoms. The second-order valence-corrected chi connectivity index (χ2v) is 9.86. The molecule has 3 aromatic rings. The van der Waals surface area contributed by atoms with Crippen molar-refractivity contribution in [3.05, 3.63) is 71.5 Å². The maximum absolute atomic E-state index is 5.28. The molecule has 2 aliphatic carbocycles. The molecule has 3 unspecified atom stereocenters. The van der Waals surface area contributed by atoms with E-state index in [2.05, 4.69) is 78.2 Å². The molecule has 1 aromatic heterocycles. The normalized spacial score (nSPS) is 30.1. The van der Waals surface area contributed by atoms with Crippen LogP contribution in [0, 0.1) is 5.41 Å². The number of aryl methyl sites for hydroxylation is 2. The van der Waals surface area contributed by atoms with Crippen molar-refractivity contribution < 1.29 is 0 Å². The number of nitrogens with zero attached hydrogens (tertiary/aromatic N) is 4. The molecule has 1 fully saturated rings. The minimum atomic E-state index is 0.153. The molecule has 1 saturated carbocycles. The van der Waals surface area contributed by atoms with Crippen LogP contribution < -0.4 is 9.80 Å². The molecule has 30 heavy (non-hydrogen) atoms. The summed E-state index contributed by atoms with van der Waals surface area (Å²) >= 11 is 0. The number of hydrogen-bond acceptors (Lipinski definition) is 4. The van der Waals surface area contributed by atoms with Gasteiger partial charge in [0.15, 0.2) is 11.6 Å². The summed E-state index contributed by atoms with van der Waals surface area (Å²) in [6.07, 6.45) is 5.94. The Hall–Kier alpha value is -2.88. The van der Waals surface area contributed by atoms with Crippen molar-refractivity contribution in [1.29, 1.82) is 0 Å². The fourth-order valence-corrected chi connectivity index (χ4v) is 6.43. The molecule has 3 heterocycles. The number of hydrogen-bond donors (Lipinski definition) is 0. The van der Waals surface area contributed by atoms with Gasteiger partial charge < -0.3 is 9.80 Å². The molecule has 4 aliphatic rings. The SMILES string of the molecule is CC12CC1(C)C1N(c3ccccc3)c3nc4c(nc3N1c1ccccc12)CCCC4. The lowest BCUT2D eigenvalue weighted by molar-refractivity contribution is 0.371. The van der Waals surface area contributed by atoms with E-state index in [-0.39, 0.29) is 17.0 Å². The van der Waals surface area contributed by atoms with Gasteiger partial charge in [-0.25, -0.2) is 9.97 Å². The van der Waals surface area contributed by atoms with Gasteiger partial charge in [-0.2, -0.15) is 0 Å². The van der Waals surface area contributed by atoms with E-state index < -0.39 is 0 Å². The molecular formula is C26H26N4. The first kappa shape index (κ1) is 16.9. The highest BCUT2D eigenvalue weighted by Gasteiger charge is 2.73. The van der Waals surface area contributed by atoms with Crippen molar-refractivity contribution >= 4 is 23.0 Å². The molecule has 0 radical (unpaired) electrons. The average molecular weight is 395 g/mol. The number of para-hydroxylation sites is 2. The van der Waals surface area contributed by atoms with Gasteiger partial charge in [0, 0.05) is 22.2 Å². The first-order valence-electron chi connectivity index (χ1n) is 11.2. The van der Waals surface area contributed by atoms with E-state index in [4.69, 9.17) is 9.97 Å². The van der Waals surface area contributed by atoms with Crippen LogP contribution in [0.15, 0.2) is 54.6 Å². The fraction of sp³-hybridized carbons (Fsp3) is 0.385. The summed E-state index contributed by atoms with van der Waals surface area (Å²) in [6.45, 7) is 4.91. The van der Waals surface area contributed by atoms with Gasteiger partial charge in [0.1, 0.15) is 6.17 Å². The van der Waals surface area contributed by atoms with Crippen molar-refractivity contribution in [2.75, 3.05) is 9.80 Å². The molecule has 2 aromatic carbocycles. The first-order valence-corrected chi connectivity index (χ1v) is 11.2. The van der Waals surface area contributed by atoms with Crippen LogP contribution in [0.25, 0.3) is 0 Å². The lowest BCUT2D eigenvalue weighted by Gasteiger charge is -2.44. The summed E-state index contributed by atoms with van der Waals surface area (Å²) in [5.41, 5.74) is 6.75. The summed E-state index contributed by atoms with van der Waals surface area (Å²) < 4.78 is 0. The largest absolute Gasteiger partial charge is 0.301 e. The standard InChI is InChI=1S/C26H26N4/c1-25-16-26(25,2)24-29(17-10-4-3-5-11-17)22-23(28-20-14-8-7-13-19(20)27-22)30(24)21-15-9-6-12-18(21)25/h3-6,9-12,15,24H,7-8,13-14,16H2,1-2H3. The van der Waals surface area contributed by atoms with Gasteiger partial charge in [-0.3, -0.25) is 0 Å². The third kappa shape index (κ3) is 1.88. The molecule has 0 amide bonds. The van der Waals surface area contributed by atoms with Crippen molar-refractivity contribution in [2.24, 2.45) is 5.41 Å². The van der Waals surface area contributed by atoms with E-state index in [1.807, 2.05) is 0 Å². The summed E-state index contributed by atoms with van der Waals surface area (Å²) in [5, 5.41) is 0. The minimum absolute atomic E-state index is 0.153. The van der Waals surface area contributed by atoms with Crippen molar-refractivity contribution in [3.63, 3.8) is 0 Å². The van der Waals surface area contributed by atoms with Gasteiger partial charge in [0.25, 0.3) is 0 Å². The van der Waals surface area contributed by atoms with Crippen LogP contribution >= 0.6 is 0 Å². The molecule has 0 bridgehead atoms. The van der Waals surface area contributed by atoms with E-state index in [0.29, 0.717) is 0 Å². The molecule has 2 aliphatic heterocycles. The molecule has 0 saturated heterocycles. The zero-order valence-electron chi connectivity index (χ0n) is 17.6. The Morgan fingerprint density at radius 2 is 1.43 bits per heavy atom.